The Balaban J connectivity index is 0.889. The fourth-order valence-electron chi connectivity index (χ4n) is 13.1. The Morgan fingerprint density at radius 2 is 1.37 bits per heavy atom. The van der Waals surface area contributed by atoms with Gasteiger partial charge in [0, 0.05) is 74.5 Å². The van der Waals surface area contributed by atoms with Crippen LogP contribution in [0, 0.1) is 18.8 Å². The minimum Gasteiger partial charge on any atom is -0.508 e. The fraction of sp³-hybridized carbons (Fsp3) is 0.377. The first-order valence-electron chi connectivity index (χ1n) is 32.7. The van der Waals surface area contributed by atoms with Crippen LogP contribution in [0.4, 0.5) is 0 Å². The Kier molecular flexibility index (Phi) is 21.2. The SMILES string of the molecule is Cc1sc2nc1C(=O)C[C@@H]([C@H](O)c1ccccc1)c1nc(cs1)C(=O)N[C@@H](Cc1ccc(O)cc1)C(=O)N1C[C@H](OC(=O)CCCN3CCCC3)[C@H](C)[C@H]1c1nc(cs1)-c1nc(cs1)-c1nc(-c3nc(C(=O)NC4CCC(C(=O)O)CC4)cs3)ccc1-c1nc(cs1)C(=O)N[C@H]2CC(N)=O. The lowest BCUT2D eigenvalue weighted by atomic mass is 9.86. The first-order chi connectivity index (χ1) is 48.3. The molecular weight excluding hydrogens is 1400 g/mol. The first kappa shape index (κ1) is 69.5. The van der Waals surface area contributed by atoms with Crippen molar-refractivity contribution in [3.63, 3.8) is 0 Å². The van der Waals surface area contributed by atoms with Gasteiger partial charge in [-0.2, -0.15) is 0 Å². The van der Waals surface area contributed by atoms with E-state index in [0.29, 0.717) is 96.5 Å². The van der Waals surface area contributed by atoms with E-state index in [-0.39, 0.29) is 70.4 Å². The van der Waals surface area contributed by atoms with Crippen molar-refractivity contribution in [1.29, 1.82) is 0 Å². The molecule has 13 rings (SSSR count). The number of phenols is 1. The lowest BCUT2D eigenvalue weighted by Crippen LogP contribution is -2.50. The molecule has 25 nitrogen and oxygen atoms in total. The Morgan fingerprint density at radius 1 is 0.710 bits per heavy atom. The summed E-state index contributed by atoms with van der Waals surface area (Å²) in [7, 11) is 0. The number of carboxylic acids is 1. The minimum absolute atomic E-state index is 0.00957. The Hall–Kier alpha value is -8.95. The lowest BCUT2D eigenvalue weighted by Gasteiger charge is -2.29. The summed E-state index contributed by atoms with van der Waals surface area (Å²) in [5.41, 5.74) is 8.94. The number of primary amides is 1. The van der Waals surface area contributed by atoms with Crippen LogP contribution in [0.5, 0.6) is 5.75 Å². The van der Waals surface area contributed by atoms with Crippen molar-refractivity contribution < 1.29 is 58.4 Å². The van der Waals surface area contributed by atoms with Crippen molar-refractivity contribution in [2.75, 3.05) is 26.2 Å². The molecule has 10 heterocycles. The average molecular weight is 1460 g/mol. The van der Waals surface area contributed by atoms with Crippen LogP contribution in [0.15, 0.2) is 93.6 Å². The van der Waals surface area contributed by atoms with E-state index >= 15 is 4.79 Å². The van der Waals surface area contributed by atoms with Gasteiger partial charge in [0.2, 0.25) is 11.8 Å². The number of benzene rings is 2. The highest BCUT2D eigenvalue weighted by molar-refractivity contribution is 7.15. The van der Waals surface area contributed by atoms with Gasteiger partial charge in [-0.1, -0.05) is 49.4 Å². The number of aromatic hydroxyl groups is 1. The number of aromatic nitrogens is 7. The number of nitrogens with one attached hydrogen (secondary N) is 3. The number of likely N-dealkylation sites (tertiary alicyclic amines) is 1. The second kappa shape index (κ2) is 30.5. The highest BCUT2D eigenvalue weighted by Crippen LogP contribution is 2.44. The van der Waals surface area contributed by atoms with Gasteiger partial charge in [0.1, 0.15) is 82.8 Å². The molecule has 10 bridgehead atoms. The third-order valence-electron chi connectivity index (χ3n) is 18.5. The summed E-state index contributed by atoms with van der Waals surface area (Å²) in [5.74, 6) is -6.90. The van der Waals surface area contributed by atoms with Gasteiger partial charge in [-0.25, -0.2) is 34.9 Å². The molecule has 2 aromatic carbocycles. The van der Waals surface area contributed by atoms with Crippen LogP contribution in [0.3, 0.4) is 0 Å². The maximum atomic E-state index is 15.8. The number of phenolic OH excluding ortho intramolecular Hbond substituents is 1. The number of ether oxygens (including phenoxy) is 1. The predicted molar refractivity (Wildman–Crippen MR) is 377 cm³/mol. The molecule has 0 spiro atoms. The zero-order valence-electron chi connectivity index (χ0n) is 54.1. The van der Waals surface area contributed by atoms with Crippen molar-refractivity contribution in [3.05, 3.63) is 147 Å². The van der Waals surface area contributed by atoms with Crippen molar-refractivity contribution in [2.45, 2.75) is 127 Å². The minimum atomic E-state index is -1.32. The number of carboxylic acid groups (broad SMARTS) is 1. The summed E-state index contributed by atoms with van der Waals surface area (Å²) in [4.78, 5) is 150. The number of amides is 5. The number of nitrogens with two attached hydrogens (primary N) is 1. The number of rotatable bonds is 15. The largest absolute Gasteiger partial charge is 0.508 e. The zero-order chi connectivity index (χ0) is 69.9. The van der Waals surface area contributed by atoms with Crippen molar-refractivity contribution in [3.8, 4) is 49.1 Å². The molecule has 7 aromatic heterocycles. The van der Waals surface area contributed by atoms with E-state index in [2.05, 4.69) is 20.9 Å². The van der Waals surface area contributed by atoms with Gasteiger partial charge in [0.25, 0.3) is 17.7 Å². The van der Waals surface area contributed by atoms with Crippen LogP contribution in [0.1, 0.15) is 168 Å². The molecule has 0 unspecified atom stereocenters. The number of carbonyl (C=O) groups excluding carboxylic acids is 7. The number of aliphatic carboxylic acids is 1. The third kappa shape index (κ3) is 15.6. The molecule has 0 radical (unpaired) electrons. The average Bonchev–Trinajstić information content (AvgIpc) is 1.62. The number of fused-ring (bicyclic) bond motifs is 16. The van der Waals surface area contributed by atoms with E-state index in [1.807, 2.05) is 12.3 Å². The Bertz CT molecular complexity index is 4530. The quantitative estimate of drug-likeness (QED) is 0.0469. The molecule has 518 valence electrons. The number of esters is 1. The molecule has 3 aliphatic heterocycles. The number of hydrogen-bond donors (Lipinski definition) is 7. The number of pyridine rings is 1. The zero-order valence-corrected chi connectivity index (χ0v) is 59.0. The molecule has 3 fully saturated rings. The van der Waals surface area contributed by atoms with Crippen molar-refractivity contribution in [2.24, 2.45) is 17.6 Å². The van der Waals surface area contributed by atoms with Gasteiger partial charge in [-0.3, -0.25) is 38.4 Å². The molecule has 100 heavy (non-hydrogen) atoms. The predicted octanol–water partition coefficient (Wildman–Crippen LogP) is 9.97. The molecule has 9 aromatic rings. The smallest absolute Gasteiger partial charge is 0.306 e. The van der Waals surface area contributed by atoms with Gasteiger partial charge < -0.3 is 51.5 Å². The number of aryl methyl sites for hydroxylation is 1. The van der Waals surface area contributed by atoms with Gasteiger partial charge >= 0.3 is 11.9 Å². The maximum Gasteiger partial charge on any atom is 0.306 e. The molecule has 7 atom stereocenters. The van der Waals surface area contributed by atoms with Crippen LogP contribution >= 0.6 is 68.0 Å². The highest BCUT2D eigenvalue weighted by Gasteiger charge is 2.48. The van der Waals surface area contributed by atoms with E-state index < -0.39 is 102 Å². The second-order valence-electron chi connectivity index (χ2n) is 25.3. The second-order valence-corrected chi connectivity index (χ2v) is 30.9. The summed E-state index contributed by atoms with van der Waals surface area (Å²) >= 11 is 7.03. The van der Waals surface area contributed by atoms with E-state index in [1.165, 1.54) is 51.5 Å². The molecule has 8 N–H and O–H groups in total. The maximum absolute atomic E-state index is 15.8. The van der Waals surface area contributed by atoms with Gasteiger partial charge in [-0.05, 0) is 107 Å². The molecule has 4 aliphatic rings. The first-order valence-corrected chi connectivity index (χ1v) is 38.0. The number of Topliss-reactive ketones (excluding diaryl/α,β-unsaturated/α-hetero) is 1. The normalized spacial score (nSPS) is 21.8. The molecule has 31 heteroatoms. The monoisotopic (exact) mass is 1460 g/mol. The van der Waals surface area contributed by atoms with Crippen LogP contribution in [0.2, 0.25) is 0 Å². The van der Waals surface area contributed by atoms with Gasteiger partial charge in [0.15, 0.2) is 5.78 Å². The third-order valence-corrected chi connectivity index (χ3v) is 24.0. The van der Waals surface area contributed by atoms with Crippen molar-refractivity contribution in [1.82, 2.24) is 60.6 Å². The summed E-state index contributed by atoms with van der Waals surface area (Å²) < 4.78 is 6.30. The fourth-order valence-corrected chi connectivity index (χ4v) is 18.5. The Morgan fingerprint density at radius 3 is 2.12 bits per heavy atom. The number of hydrogen-bond acceptors (Lipinski definition) is 25. The summed E-state index contributed by atoms with van der Waals surface area (Å²) in [6.45, 7) is 6.23. The molecule has 1 aliphatic carbocycles. The summed E-state index contributed by atoms with van der Waals surface area (Å²) in [5, 5.41) is 51.4. The van der Waals surface area contributed by atoms with E-state index in [0.717, 1.165) is 66.5 Å². The lowest BCUT2D eigenvalue weighted by molar-refractivity contribution is -0.151. The summed E-state index contributed by atoms with van der Waals surface area (Å²) in [6, 6.07) is 15.0. The van der Waals surface area contributed by atoms with Crippen LogP contribution in [0.25, 0.3) is 43.4 Å². The van der Waals surface area contributed by atoms with Gasteiger partial charge in [0.05, 0.1) is 47.8 Å². The molecule has 1 saturated carbocycles. The number of ketones is 1. The molecule has 5 amide bonds. The van der Waals surface area contributed by atoms with Gasteiger partial charge in [-0.15, -0.1) is 68.0 Å². The topological polar surface area (TPSA) is 365 Å². The van der Waals surface area contributed by atoms with Crippen LogP contribution in [-0.2, 0) is 30.3 Å². The molecular formula is C69H69N13O12S6. The number of nitrogens with zero attached hydrogens (tertiary/aromatic N) is 9. The Labute approximate surface area is 597 Å². The van der Waals surface area contributed by atoms with Crippen molar-refractivity contribution >= 4 is 115 Å². The standard InChI is InChI=1S/C69H69N13O12S6/c1-34-52(94-54(86)11-8-24-81-22-6-7-23-81)28-82-57(34)67-79-50(33-99-67)65-75-46(29-97-65)56-41(20-21-43(72-56)64-78-47(32-98-64)59(88)71-39-16-14-38(15-17-39)69(92)93)62-76-48(30-95-62)60(89)73-44(27-53(70)85)66-80-55(35(2)100-66)51(84)26-42(58(87)37-9-4-3-5-10-37)63-77-49(31-96-63)61(90)74-45(68(82)91)25-36-12-18-40(83)19-13-36/h3-5,9-10,12-13,18-21,29-34,38-39,42,44-45,52,57-58,83,87H,6-8,11,14-17,22-28H2,1-2H3,(H2,70,85)(H,71,88)(H,73,89)(H,74,90)(H,92,93)/t34-,38?,39?,42-,44-,45-,52-,57-,58+/m0/s1. The number of aliphatic hydroxyl groups excluding tert-OH is 1. The van der Waals surface area contributed by atoms with E-state index in [9.17, 15) is 48.9 Å². The van der Waals surface area contributed by atoms with Crippen LogP contribution < -0.4 is 21.7 Å². The van der Waals surface area contributed by atoms with E-state index in [4.69, 9.17) is 45.4 Å². The summed E-state index contributed by atoms with van der Waals surface area (Å²) in [6.07, 6.45) is 2.01. The number of carbonyl (C=O) groups is 8. The van der Waals surface area contributed by atoms with Crippen LogP contribution in [-0.4, -0.2) is 152 Å². The van der Waals surface area contributed by atoms with E-state index in [1.54, 1.807) is 82.6 Å². The highest BCUT2D eigenvalue weighted by atomic mass is 32.1. The number of aliphatic hydroxyl groups is 1. The number of thiazole rings is 6. The molecule has 2 saturated heterocycles.